The van der Waals surface area contributed by atoms with E-state index in [2.05, 4.69) is 10.5 Å². The molecule has 27 heavy (non-hydrogen) atoms. The summed E-state index contributed by atoms with van der Waals surface area (Å²) in [5, 5.41) is 14.2. The van der Waals surface area contributed by atoms with Gasteiger partial charge in [-0.15, -0.1) is 0 Å². The Kier molecular flexibility index (Phi) is 7.21. The van der Waals surface area contributed by atoms with E-state index in [-0.39, 0.29) is 12.3 Å². The minimum Gasteiger partial charge on any atom is -0.458 e. The molecule has 1 aromatic carbocycles. The maximum absolute atomic E-state index is 12.5. The lowest BCUT2D eigenvalue weighted by molar-refractivity contribution is -0.157. The van der Waals surface area contributed by atoms with Crippen LogP contribution in [0.1, 0.15) is 52.7 Å². The van der Waals surface area contributed by atoms with E-state index < -0.39 is 29.3 Å². The summed E-state index contributed by atoms with van der Waals surface area (Å²) in [4.78, 5) is 24.6. The second-order valence-corrected chi connectivity index (χ2v) is 8.12. The van der Waals surface area contributed by atoms with Gasteiger partial charge in [0.2, 0.25) is 0 Å². The van der Waals surface area contributed by atoms with Gasteiger partial charge in [0, 0.05) is 12.0 Å². The van der Waals surface area contributed by atoms with Crippen molar-refractivity contribution in [3.05, 3.63) is 35.4 Å². The van der Waals surface area contributed by atoms with Crippen molar-refractivity contribution >= 4 is 17.9 Å². The van der Waals surface area contributed by atoms with E-state index in [1.807, 2.05) is 0 Å². The van der Waals surface area contributed by atoms with Crippen LogP contribution in [0.3, 0.4) is 0 Å². The van der Waals surface area contributed by atoms with Crippen molar-refractivity contribution in [1.29, 1.82) is 0 Å². The van der Waals surface area contributed by atoms with Gasteiger partial charge in [-0.05, 0) is 47.1 Å². The van der Waals surface area contributed by atoms with Crippen LogP contribution in [-0.4, -0.2) is 40.3 Å². The Morgan fingerprint density at radius 3 is 2.04 bits per heavy atom. The number of hydrogen-bond acceptors (Lipinski definition) is 6. The van der Waals surface area contributed by atoms with Crippen LogP contribution in [0.5, 0.6) is 0 Å². The fraction of sp³-hybridized carbons (Fsp3) is 0.526. The minimum absolute atomic E-state index is 0.0166. The van der Waals surface area contributed by atoms with E-state index in [0.29, 0.717) is 5.56 Å². The first kappa shape index (κ1) is 22.3. The number of oxime groups is 1. The first-order valence-corrected chi connectivity index (χ1v) is 8.60. The summed E-state index contributed by atoms with van der Waals surface area (Å²) in [5.41, 5.74) is 5.46. The summed E-state index contributed by atoms with van der Waals surface area (Å²) in [6.07, 6.45) is -0.503. The topological polar surface area (TPSA) is 123 Å². The molecule has 4 N–H and O–H groups in total. The molecule has 0 aromatic heterocycles. The van der Waals surface area contributed by atoms with Crippen molar-refractivity contribution < 1.29 is 24.3 Å². The Labute approximate surface area is 159 Å². The molecule has 0 aliphatic heterocycles. The Morgan fingerprint density at radius 1 is 1.07 bits per heavy atom. The van der Waals surface area contributed by atoms with E-state index in [4.69, 9.17) is 20.4 Å². The zero-order valence-electron chi connectivity index (χ0n) is 16.7. The summed E-state index contributed by atoms with van der Waals surface area (Å²) in [6, 6.07) is 5.84. The number of rotatable bonds is 5. The molecular formula is C19H29N3O5. The van der Waals surface area contributed by atoms with Gasteiger partial charge in [0.25, 0.3) is 0 Å². The molecule has 0 bridgehead atoms. The van der Waals surface area contributed by atoms with Crippen LogP contribution < -0.4 is 11.1 Å². The average molecular weight is 379 g/mol. The number of nitrogens with zero attached hydrogens (tertiary/aromatic N) is 1. The smallest absolute Gasteiger partial charge is 0.408 e. The molecule has 0 spiro atoms. The number of esters is 1. The number of nitrogens with one attached hydrogen (secondary N) is 1. The number of benzene rings is 1. The van der Waals surface area contributed by atoms with Crippen molar-refractivity contribution in [3.63, 3.8) is 0 Å². The lowest BCUT2D eigenvalue weighted by atomic mass is 10.0. The Bertz CT molecular complexity index is 685. The summed E-state index contributed by atoms with van der Waals surface area (Å²) >= 11 is 0. The zero-order chi connectivity index (χ0) is 20.8. The highest BCUT2D eigenvalue weighted by Crippen LogP contribution is 2.14. The third-order valence-corrected chi connectivity index (χ3v) is 3.18. The molecule has 0 saturated carbocycles. The molecule has 0 saturated heterocycles. The van der Waals surface area contributed by atoms with Crippen LogP contribution in [0.2, 0.25) is 0 Å². The SMILES string of the molecule is CC(C)(C)OC(=O)NC(Cc1ccc(/C(N)=N\O)cc1)C(=O)OC(C)(C)C. The standard InChI is InChI=1S/C19H29N3O5/c1-18(2,3)26-16(23)14(21-17(24)27-19(4,5)6)11-12-7-9-13(10-8-12)15(20)22-25/h7-10,14,25H,11H2,1-6H3,(H2,20,22)(H,21,24). The van der Waals surface area contributed by atoms with E-state index >= 15 is 0 Å². The molecule has 0 fully saturated rings. The highest BCUT2D eigenvalue weighted by molar-refractivity contribution is 5.97. The normalized spacial score (nSPS) is 13.6. The van der Waals surface area contributed by atoms with Gasteiger partial charge in [-0.25, -0.2) is 9.59 Å². The average Bonchev–Trinajstić information content (AvgIpc) is 2.50. The fourth-order valence-electron chi connectivity index (χ4n) is 2.12. The van der Waals surface area contributed by atoms with Gasteiger partial charge >= 0.3 is 12.1 Å². The molecule has 8 nitrogen and oxygen atoms in total. The van der Waals surface area contributed by atoms with Crippen molar-refractivity contribution in [2.45, 2.75) is 65.2 Å². The summed E-state index contributed by atoms with van der Waals surface area (Å²) in [5.74, 6) is -0.578. The van der Waals surface area contributed by atoms with Gasteiger partial charge in [-0.3, -0.25) is 0 Å². The predicted molar refractivity (Wildman–Crippen MR) is 102 cm³/mol. The van der Waals surface area contributed by atoms with E-state index in [9.17, 15) is 9.59 Å². The van der Waals surface area contributed by atoms with Crippen LogP contribution in [0.4, 0.5) is 4.79 Å². The quantitative estimate of drug-likeness (QED) is 0.237. The minimum atomic E-state index is -0.922. The monoisotopic (exact) mass is 379 g/mol. The Balaban J connectivity index is 2.96. The molecule has 0 aliphatic rings. The molecule has 8 heteroatoms. The van der Waals surface area contributed by atoms with Gasteiger partial charge in [0.05, 0.1) is 0 Å². The maximum atomic E-state index is 12.5. The predicted octanol–water partition coefficient (Wildman–Crippen LogP) is 2.56. The number of alkyl carbamates (subject to hydrolysis) is 1. The Morgan fingerprint density at radius 2 is 1.59 bits per heavy atom. The molecule has 1 atom stereocenters. The second-order valence-electron chi connectivity index (χ2n) is 8.12. The van der Waals surface area contributed by atoms with Gasteiger partial charge < -0.3 is 25.7 Å². The van der Waals surface area contributed by atoms with Gasteiger partial charge in [-0.1, -0.05) is 29.4 Å². The van der Waals surface area contributed by atoms with Crippen molar-refractivity contribution in [3.8, 4) is 0 Å². The molecule has 150 valence electrons. The number of amides is 1. The van der Waals surface area contributed by atoms with Crippen molar-refractivity contribution in [2.75, 3.05) is 0 Å². The van der Waals surface area contributed by atoms with Crippen LogP contribution in [0.25, 0.3) is 0 Å². The van der Waals surface area contributed by atoms with Crippen LogP contribution in [0.15, 0.2) is 29.4 Å². The Hall–Kier alpha value is -2.77. The first-order chi connectivity index (χ1) is 12.3. The molecule has 0 aliphatic carbocycles. The molecule has 1 aromatic rings. The van der Waals surface area contributed by atoms with E-state index in [1.54, 1.807) is 65.8 Å². The third-order valence-electron chi connectivity index (χ3n) is 3.18. The number of carbonyl (C=O) groups excluding carboxylic acids is 2. The molecular weight excluding hydrogens is 350 g/mol. The molecule has 0 heterocycles. The third kappa shape index (κ3) is 8.44. The number of hydrogen-bond donors (Lipinski definition) is 3. The first-order valence-electron chi connectivity index (χ1n) is 8.60. The highest BCUT2D eigenvalue weighted by Gasteiger charge is 2.28. The largest absolute Gasteiger partial charge is 0.458 e. The van der Waals surface area contributed by atoms with Crippen LogP contribution in [-0.2, 0) is 20.7 Å². The number of ether oxygens (including phenoxy) is 2. The van der Waals surface area contributed by atoms with Crippen molar-refractivity contribution in [2.24, 2.45) is 10.9 Å². The maximum Gasteiger partial charge on any atom is 0.408 e. The zero-order valence-corrected chi connectivity index (χ0v) is 16.7. The molecule has 1 rings (SSSR count). The lowest BCUT2D eigenvalue weighted by Crippen LogP contribution is -2.47. The lowest BCUT2D eigenvalue weighted by Gasteiger charge is -2.26. The number of nitrogens with two attached hydrogens (primary N) is 1. The number of amidine groups is 1. The van der Waals surface area contributed by atoms with Gasteiger partial charge in [0.1, 0.15) is 17.2 Å². The summed E-state index contributed by atoms with van der Waals surface area (Å²) < 4.78 is 10.6. The molecule has 1 unspecified atom stereocenters. The highest BCUT2D eigenvalue weighted by atomic mass is 16.6. The number of carbonyl (C=O) groups is 2. The van der Waals surface area contributed by atoms with E-state index in [0.717, 1.165) is 5.56 Å². The van der Waals surface area contributed by atoms with Crippen LogP contribution >= 0.6 is 0 Å². The van der Waals surface area contributed by atoms with Gasteiger partial charge in [-0.2, -0.15) is 0 Å². The van der Waals surface area contributed by atoms with Crippen LogP contribution in [0, 0.1) is 0 Å². The second kappa shape index (κ2) is 8.75. The molecule has 0 radical (unpaired) electrons. The van der Waals surface area contributed by atoms with Crippen molar-refractivity contribution in [1.82, 2.24) is 5.32 Å². The fourth-order valence-corrected chi connectivity index (χ4v) is 2.12. The summed E-state index contributed by atoms with van der Waals surface area (Å²) in [6.45, 7) is 10.5. The van der Waals surface area contributed by atoms with Gasteiger partial charge in [0.15, 0.2) is 5.84 Å². The summed E-state index contributed by atoms with van der Waals surface area (Å²) in [7, 11) is 0. The molecule has 1 amide bonds. The van der Waals surface area contributed by atoms with E-state index in [1.165, 1.54) is 0 Å².